The molecule has 0 heteroatoms. The van der Waals surface area contributed by atoms with Gasteiger partial charge in [-0.05, 0) is 231 Å². The number of allylic oxidation sites excluding steroid dienone is 6. The molecule has 0 saturated carbocycles. The molecule has 11 aromatic carbocycles. The minimum Gasteiger partial charge on any atom is -0.0622 e. The summed E-state index contributed by atoms with van der Waals surface area (Å²) in [6, 6.07) is 98.6. The smallest absolute Gasteiger partial charge is 0.0142 e. The van der Waals surface area contributed by atoms with Crippen molar-refractivity contribution in [3.63, 3.8) is 0 Å². The van der Waals surface area contributed by atoms with Gasteiger partial charge >= 0.3 is 0 Å². The minimum atomic E-state index is 0.217. The first-order valence-corrected chi connectivity index (χ1v) is 27.5. The molecule has 0 spiro atoms. The summed E-state index contributed by atoms with van der Waals surface area (Å²) in [4.78, 5) is 0. The summed E-state index contributed by atoms with van der Waals surface area (Å²) < 4.78 is 0. The van der Waals surface area contributed by atoms with E-state index in [-0.39, 0.29) is 5.92 Å². The van der Waals surface area contributed by atoms with E-state index in [1.54, 1.807) is 0 Å². The summed E-state index contributed by atoms with van der Waals surface area (Å²) in [5.74, 6) is 0.217. The fourth-order valence-corrected chi connectivity index (χ4v) is 12.3. The summed E-state index contributed by atoms with van der Waals surface area (Å²) in [5, 5.41) is 0. The van der Waals surface area contributed by atoms with Crippen LogP contribution in [0.3, 0.4) is 0 Å². The maximum absolute atomic E-state index is 2.56. The molecular weight excluding hydrogens is 937 g/mol. The third kappa shape index (κ3) is 9.33. The second kappa shape index (κ2) is 20.5. The SMILES string of the molecule is C1=Cc2ccc3c(c2C2CC(c4cc(-c5ccccc5)cc(-c5cc(-c6ccccc6)cc(-c6ccccc6)c5)c4)=CC=C12)C=C(c1cc(-c2ccccc2)cc(-c2cc(-c4ccccc4)cc(-c4ccccc4)c2)c1)CC3. The molecule has 3 aliphatic carbocycles. The molecule has 0 bridgehead atoms. The first-order chi connectivity index (χ1) is 38.6. The molecule has 0 heterocycles. The molecule has 11 aromatic rings. The standard InChI is InChI=1S/C78H56/c1-7-19-53(20-8-1)64-39-65(54-21-9-2-10-22-54)44-72(43-64)74-47-68(57-27-15-5-16-28-57)41-70(49-74)62-37-33-59-31-35-61-36-32-60-34-38-63(52-77(60)78(61)76(59)51-62)71-42-69(58-29-17-6-18-30-58)48-75(50-71)73-45-66(55-23-11-3-12-24-55)40-67(46-73)56-25-13-4-14-26-56/h1-33,35-37,39-50,52,76H,34,38,51H2. The van der Waals surface area contributed by atoms with Gasteiger partial charge in [0.2, 0.25) is 0 Å². The fraction of sp³-hybridized carbons (Fsp3) is 0.0513. The van der Waals surface area contributed by atoms with E-state index in [1.807, 2.05) is 0 Å². The zero-order chi connectivity index (χ0) is 51.8. The molecule has 0 nitrogen and oxygen atoms in total. The highest BCUT2D eigenvalue weighted by atomic mass is 14.3. The Kier molecular flexibility index (Phi) is 12.3. The third-order valence-electron chi connectivity index (χ3n) is 16.3. The third-order valence-corrected chi connectivity index (χ3v) is 16.3. The molecule has 0 aliphatic heterocycles. The molecule has 1 atom stereocenters. The van der Waals surface area contributed by atoms with Crippen LogP contribution in [0.15, 0.2) is 291 Å². The van der Waals surface area contributed by atoms with Gasteiger partial charge in [-0.2, -0.15) is 0 Å². The molecule has 0 fully saturated rings. The Morgan fingerprint density at radius 1 is 0.256 bits per heavy atom. The first-order valence-electron chi connectivity index (χ1n) is 27.5. The molecular formula is C78H56. The van der Waals surface area contributed by atoms with Crippen molar-refractivity contribution in [1.29, 1.82) is 0 Å². The van der Waals surface area contributed by atoms with Crippen molar-refractivity contribution in [2.24, 2.45) is 0 Å². The Labute approximate surface area is 459 Å². The van der Waals surface area contributed by atoms with E-state index in [4.69, 9.17) is 0 Å². The van der Waals surface area contributed by atoms with Crippen molar-refractivity contribution in [3.05, 3.63) is 324 Å². The summed E-state index contributed by atoms with van der Waals surface area (Å²) in [6.45, 7) is 0. The number of fused-ring (bicyclic) bond motifs is 5. The van der Waals surface area contributed by atoms with Crippen LogP contribution in [-0.2, 0) is 6.42 Å². The minimum absolute atomic E-state index is 0.217. The number of benzene rings is 11. The van der Waals surface area contributed by atoms with Crippen molar-refractivity contribution >= 4 is 23.3 Å². The fourth-order valence-electron chi connectivity index (χ4n) is 12.3. The number of hydrogen-bond acceptors (Lipinski definition) is 0. The molecule has 0 radical (unpaired) electrons. The zero-order valence-corrected chi connectivity index (χ0v) is 43.5. The predicted molar refractivity (Wildman–Crippen MR) is 331 cm³/mol. The summed E-state index contributed by atoms with van der Waals surface area (Å²) in [7, 11) is 0. The number of aryl methyl sites for hydroxylation is 1. The normalized spacial score (nSPS) is 14.3. The summed E-state index contributed by atoms with van der Waals surface area (Å²) >= 11 is 0. The maximum atomic E-state index is 2.56. The van der Waals surface area contributed by atoms with Gasteiger partial charge in [-0.25, -0.2) is 0 Å². The molecule has 0 saturated heterocycles. The number of hydrogen-bond donors (Lipinski definition) is 0. The van der Waals surface area contributed by atoms with Gasteiger partial charge in [0.25, 0.3) is 0 Å². The van der Waals surface area contributed by atoms with Crippen molar-refractivity contribution in [3.8, 4) is 89.0 Å². The van der Waals surface area contributed by atoms with E-state index in [9.17, 15) is 0 Å². The van der Waals surface area contributed by atoms with E-state index in [0.717, 1.165) is 19.3 Å². The highest BCUT2D eigenvalue weighted by Gasteiger charge is 2.30. The van der Waals surface area contributed by atoms with Crippen LogP contribution in [0, 0.1) is 0 Å². The van der Waals surface area contributed by atoms with Gasteiger partial charge in [0.05, 0.1) is 0 Å². The van der Waals surface area contributed by atoms with Gasteiger partial charge in [-0.3, -0.25) is 0 Å². The molecule has 0 aromatic heterocycles. The quantitative estimate of drug-likeness (QED) is 0.128. The average Bonchev–Trinajstić information content (AvgIpc) is 3.66. The van der Waals surface area contributed by atoms with E-state index < -0.39 is 0 Å². The van der Waals surface area contributed by atoms with Crippen LogP contribution in [0.4, 0.5) is 0 Å². The van der Waals surface area contributed by atoms with Crippen LogP contribution in [0.1, 0.15) is 52.1 Å². The Morgan fingerprint density at radius 2 is 0.577 bits per heavy atom. The van der Waals surface area contributed by atoms with Gasteiger partial charge in [0.1, 0.15) is 0 Å². The van der Waals surface area contributed by atoms with E-state index in [1.165, 1.54) is 139 Å². The second-order valence-electron chi connectivity index (χ2n) is 21.2. The lowest BCUT2D eigenvalue weighted by Crippen LogP contribution is -2.15. The van der Waals surface area contributed by atoms with Crippen LogP contribution < -0.4 is 0 Å². The predicted octanol–water partition coefficient (Wildman–Crippen LogP) is 21.0. The monoisotopic (exact) mass is 992 g/mol. The second-order valence-corrected chi connectivity index (χ2v) is 21.2. The maximum Gasteiger partial charge on any atom is 0.0142 e. The van der Waals surface area contributed by atoms with Gasteiger partial charge in [-0.1, -0.05) is 225 Å². The first kappa shape index (κ1) is 46.9. The Bertz CT molecular complexity index is 4040. The van der Waals surface area contributed by atoms with Crippen LogP contribution in [0.25, 0.3) is 112 Å². The highest BCUT2D eigenvalue weighted by Crippen LogP contribution is 2.49. The van der Waals surface area contributed by atoms with Crippen molar-refractivity contribution in [1.82, 2.24) is 0 Å². The van der Waals surface area contributed by atoms with Crippen molar-refractivity contribution < 1.29 is 0 Å². The lowest BCUT2D eigenvalue weighted by molar-refractivity contribution is 0.814. The lowest BCUT2D eigenvalue weighted by Gasteiger charge is -2.32. The molecule has 3 aliphatic rings. The number of rotatable bonds is 10. The lowest BCUT2D eigenvalue weighted by atomic mass is 9.71. The van der Waals surface area contributed by atoms with Crippen LogP contribution in [0.2, 0.25) is 0 Å². The van der Waals surface area contributed by atoms with Gasteiger partial charge in [0, 0.05) is 5.92 Å². The average molecular weight is 993 g/mol. The van der Waals surface area contributed by atoms with Gasteiger partial charge < -0.3 is 0 Å². The highest BCUT2D eigenvalue weighted by molar-refractivity contribution is 5.93. The largest absolute Gasteiger partial charge is 0.0622 e. The van der Waals surface area contributed by atoms with Crippen molar-refractivity contribution in [2.75, 3.05) is 0 Å². The van der Waals surface area contributed by atoms with Gasteiger partial charge in [-0.15, -0.1) is 0 Å². The summed E-state index contributed by atoms with van der Waals surface area (Å²) in [6.07, 6.45) is 15.0. The molecule has 368 valence electrons. The Hall–Kier alpha value is -9.62. The molecule has 1 unspecified atom stereocenters. The van der Waals surface area contributed by atoms with Gasteiger partial charge in [0.15, 0.2) is 0 Å². The zero-order valence-electron chi connectivity index (χ0n) is 43.5. The Balaban J connectivity index is 0.871. The summed E-state index contributed by atoms with van der Waals surface area (Å²) in [5.41, 5.74) is 31.7. The molecule has 0 N–H and O–H groups in total. The topological polar surface area (TPSA) is 0 Å². The van der Waals surface area contributed by atoms with Crippen LogP contribution in [-0.4, -0.2) is 0 Å². The van der Waals surface area contributed by atoms with E-state index in [0.29, 0.717) is 0 Å². The molecule has 0 amide bonds. The van der Waals surface area contributed by atoms with Crippen molar-refractivity contribution in [2.45, 2.75) is 25.2 Å². The molecule has 78 heavy (non-hydrogen) atoms. The van der Waals surface area contributed by atoms with E-state index in [2.05, 4.69) is 297 Å². The van der Waals surface area contributed by atoms with E-state index >= 15 is 0 Å². The van der Waals surface area contributed by atoms with Crippen LogP contribution >= 0.6 is 0 Å². The van der Waals surface area contributed by atoms with Crippen LogP contribution in [0.5, 0.6) is 0 Å². The Morgan fingerprint density at radius 3 is 0.936 bits per heavy atom. The molecule has 14 rings (SSSR count).